The van der Waals surface area contributed by atoms with E-state index in [0.29, 0.717) is 24.1 Å². The average molecular weight is 365 g/mol. The fraction of sp³-hybridized carbons (Fsp3) is 0.706. The summed E-state index contributed by atoms with van der Waals surface area (Å²) < 4.78 is 4.04. The third-order valence-electron chi connectivity index (χ3n) is 5.32. The van der Waals surface area contributed by atoms with Gasteiger partial charge in [0, 0.05) is 20.1 Å². The maximum atomic E-state index is 12.7. The van der Waals surface area contributed by atoms with Gasteiger partial charge in [0.25, 0.3) is 5.56 Å². The summed E-state index contributed by atoms with van der Waals surface area (Å²) in [6.45, 7) is 3.29. The summed E-state index contributed by atoms with van der Waals surface area (Å²) in [7, 11) is 3.01. The van der Waals surface area contributed by atoms with E-state index in [-0.39, 0.29) is 12.1 Å². The van der Waals surface area contributed by atoms with Gasteiger partial charge in [-0.15, -0.1) is 0 Å². The zero-order valence-electron chi connectivity index (χ0n) is 15.6. The highest BCUT2D eigenvalue weighted by Crippen LogP contribution is 2.20. The van der Waals surface area contributed by atoms with E-state index in [2.05, 4.69) is 16.8 Å². The second-order valence-corrected chi connectivity index (χ2v) is 7.17. The third kappa shape index (κ3) is 3.22. The molecule has 1 aliphatic rings. The number of rotatable bonds is 5. The van der Waals surface area contributed by atoms with Crippen LogP contribution >= 0.6 is 0 Å². The minimum Gasteiger partial charge on any atom is -0.394 e. The van der Waals surface area contributed by atoms with Gasteiger partial charge >= 0.3 is 5.69 Å². The van der Waals surface area contributed by atoms with Crippen molar-refractivity contribution >= 4 is 11.2 Å². The first-order valence-corrected chi connectivity index (χ1v) is 9.03. The van der Waals surface area contributed by atoms with Gasteiger partial charge in [0.2, 0.25) is 0 Å². The van der Waals surface area contributed by atoms with E-state index in [1.165, 1.54) is 18.0 Å². The number of aryl methyl sites for hydroxylation is 1. The number of likely N-dealkylation sites (tertiary alicyclic amines) is 1. The maximum Gasteiger partial charge on any atom is 0.332 e. The van der Waals surface area contributed by atoms with E-state index >= 15 is 0 Å². The normalized spacial score (nSPS) is 20.0. The second kappa shape index (κ2) is 7.34. The minimum atomic E-state index is -1.01. The van der Waals surface area contributed by atoms with Crippen molar-refractivity contribution in [2.75, 3.05) is 13.2 Å². The molecule has 1 fully saturated rings. The third-order valence-corrected chi connectivity index (χ3v) is 5.32. The van der Waals surface area contributed by atoms with Crippen LogP contribution in [0.25, 0.3) is 11.2 Å². The van der Waals surface area contributed by atoms with Crippen molar-refractivity contribution in [3.05, 3.63) is 26.7 Å². The lowest BCUT2D eigenvalue weighted by Gasteiger charge is -2.33. The molecule has 26 heavy (non-hydrogen) atoms. The molecule has 0 bridgehead atoms. The molecule has 1 saturated heterocycles. The molecule has 2 aromatic rings. The largest absolute Gasteiger partial charge is 0.394 e. The average Bonchev–Trinajstić information content (AvgIpc) is 2.98. The number of nitrogens with zero attached hydrogens (tertiary/aromatic N) is 5. The number of piperidine rings is 1. The maximum absolute atomic E-state index is 12.7. The van der Waals surface area contributed by atoms with Crippen LogP contribution < -0.4 is 11.2 Å². The number of aliphatic hydroxyl groups is 2. The highest BCUT2D eigenvalue weighted by molar-refractivity contribution is 5.71. The molecule has 0 amide bonds. The molecular weight excluding hydrogens is 338 g/mol. The summed E-state index contributed by atoms with van der Waals surface area (Å²) in [5.74, 6) is 0.625. The van der Waals surface area contributed by atoms with Crippen LogP contribution in [0.1, 0.15) is 32.0 Å². The molecule has 3 heterocycles. The van der Waals surface area contributed by atoms with E-state index in [9.17, 15) is 19.8 Å². The van der Waals surface area contributed by atoms with E-state index in [1.807, 2.05) is 0 Å². The first-order chi connectivity index (χ1) is 12.3. The summed E-state index contributed by atoms with van der Waals surface area (Å²) in [5, 5.41) is 19.2. The molecule has 144 valence electrons. The Morgan fingerprint density at radius 2 is 1.96 bits per heavy atom. The van der Waals surface area contributed by atoms with Gasteiger partial charge < -0.3 is 14.8 Å². The molecule has 1 aliphatic heterocycles. The number of hydrogen-bond acceptors (Lipinski definition) is 6. The Balaban J connectivity index is 2.16. The predicted octanol–water partition coefficient (Wildman–Crippen LogP) is -0.839. The van der Waals surface area contributed by atoms with Crippen LogP contribution in [-0.4, -0.2) is 59.1 Å². The number of imidazole rings is 1. The topological polar surface area (TPSA) is 106 Å². The van der Waals surface area contributed by atoms with Crippen LogP contribution in [0.15, 0.2) is 9.59 Å². The molecule has 0 radical (unpaired) electrons. The fourth-order valence-electron chi connectivity index (χ4n) is 3.65. The van der Waals surface area contributed by atoms with Crippen molar-refractivity contribution in [2.45, 2.75) is 51.4 Å². The van der Waals surface area contributed by atoms with Gasteiger partial charge in [-0.05, 0) is 26.3 Å². The predicted molar refractivity (Wildman–Crippen MR) is 97.0 cm³/mol. The molecule has 2 unspecified atom stereocenters. The molecule has 0 aromatic carbocycles. The lowest BCUT2D eigenvalue weighted by molar-refractivity contribution is 0.0796. The van der Waals surface area contributed by atoms with Crippen LogP contribution in [0, 0.1) is 0 Å². The van der Waals surface area contributed by atoms with Crippen molar-refractivity contribution in [3.8, 4) is 0 Å². The van der Waals surface area contributed by atoms with E-state index in [0.717, 1.165) is 24.0 Å². The van der Waals surface area contributed by atoms with Gasteiger partial charge in [-0.25, -0.2) is 9.78 Å². The molecule has 9 nitrogen and oxygen atoms in total. The SMILES string of the molecule is CC1CCCCN1Cc1nc2c(c(=O)n(C)c(=O)n2C)n1CC(O)CO. The summed E-state index contributed by atoms with van der Waals surface area (Å²) >= 11 is 0. The first kappa shape index (κ1) is 18.8. The Labute approximate surface area is 151 Å². The second-order valence-electron chi connectivity index (χ2n) is 7.17. The van der Waals surface area contributed by atoms with Crippen LogP contribution in [0.4, 0.5) is 0 Å². The van der Waals surface area contributed by atoms with Gasteiger partial charge in [-0.3, -0.25) is 18.8 Å². The van der Waals surface area contributed by atoms with Crippen LogP contribution in [0.3, 0.4) is 0 Å². The fourth-order valence-corrected chi connectivity index (χ4v) is 3.65. The number of aromatic nitrogens is 4. The summed E-state index contributed by atoms with van der Waals surface area (Å²) in [6.07, 6.45) is 2.42. The minimum absolute atomic E-state index is 0.0536. The molecular formula is C17H27N5O4. The van der Waals surface area contributed by atoms with Crippen molar-refractivity contribution in [2.24, 2.45) is 14.1 Å². The Kier molecular flexibility index (Phi) is 5.31. The number of fused-ring (bicyclic) bond motifs is 1. The summed E-state index contributed by atoms with van der Waals surface area (Å²) in [5.41, 5.74) is -0.295. The van der Waals surface area contributed by atoms with Crippen LogP contribution in [0.2, 0.25) is 0 Å². The van der Waals surface area contributed by atoms with Gasteiger partial charge in [-0.2, -0.15) is 0 Å². The van der Waals surface area contributed by atoms with Gasteiger partial charge in [0.1, 0.15) is 5.82 Å². The van der Waals surface area contributed by atoms with Gasteiger partial charge in [0.05, 0.1) is 25.8 Å². The lowest BCUT2D eigenvalue weighted by Crippen LogP contribution is -2.38. The molecule has 0 saturated carbocycles. The zero-order chi connectivity index (χ0) is 19.0. The zero-order valence-corrected chi connectivity index (χ0v) is 15.6. The van der Waals surface area contributed by atoms with Crippen molar-refractivity contribution in [1.82, 2.24) is 23.6 Å². The molecule has 0 aliphatic carbocycles. The number of hydrogen-bond donors (Lipinski definition) is 2. The number of aliphatic hydroxyl groups excluding tert-OH is 2. The summed E-state index contributed by atoms with van der Waals surface area (Å²) in [6, 6.07) is 0.409. The molecule has 3 rings (SSSR count). The van der Waals surface area contributed by atoms with Crippen molar-refractivity contribution in [3.63, 3.8) is 0 Å². The van der Waals surface area contributed by atoms with Gasteiger partial charge in [0.15, 0.2) is 11.2 Å². The molecule has 2 aromatic heterocycles. The van der Waals surface area contributed by atoms with E-state index in [4.69, 9.17) is 0 Å². The smallest absolute Gasteiger partial charge is 0.332 e. The van der Waals surface area contributed by atoms with Crippen molar-refractivity contribution in [1.29, 1.82) is 0 Å². The van der Waals surface area contributed by atoms with Crippen LogP contribution in [0.5, 0.6) is 0 Å². The Hall–Kier alpha value is -1.97. The molecule has 9 heteroatoms. The van der Waals surface area contributed by atoms with Gasteiger partial charge in [-0.1, -0.05) is 6.42 Å². The summed E-state index contributed by atoms with van der Waals surface area (Å²) in [4.78, 5) is 31.8. The highest BCUT2D eigenvalue weighted by Gasteiger charge is 2.24. The Bertz CT molecular complexity index is 912. The monoisotopic (exact) mass is 365 g/mol. The molecule has 2 atom stereocenters. The Morgan fingerprint density at radius 3 is 2.62 bits per heavy atom. The van der Waals surface area contributed by atoms with Crippen molar-refractivity contribution < 1.29 is 10.2 Å². The highest BCUT2D eigenvalue weighted by atomic mass is 16.3. The molecule has 2 N–H and O–H groups in total. The molecule has 0 spiro atoms. The van der Waals surface area contributed by atoms with E-state index in [1.54, 1.807) is 11.6 Å². The Morgan fingerprint density at radius 1 is 1.23 bits per heavy atom. The standard InChI is InChI=1S/C17H27N5O4/c1-11-6-4-5-7-21(11)9-13-18-15-14(22(13)8-12(24)10-23)16(25)20(3)17(26)19(15)2/h11-12,23-24H,4-10H2,1-3H3. The lowest BCUT2D eigenvalue weighted by atomic mass is 10.0. The quantitative estimate of drug-likeness (QED) is 0.716. The van der Waals surface area contributed by atoms with E-state index < -0.39 is 24.0 Å². The van der Waals surface area contributed by atoms with Crippen LogP contribution in [-0.2, 0) is 27.2 Å². The first-order valence-electron chi connectivity index (χ1n) is 9.03.